The molecule has 11 rings (SSSR count). The molecule has 2 aromatic carbocycles. The Morgan fingerprint density at radius 2 is 1.43 bits per heavy atom. The van der Waals surface area contributed by atoms with E-state index in [9.17, 15) is 13.5 Å². The van der Waals surface area contributed by atoms with Crippen molar-refractivity contribution in [2.24, 2.45) is 75.9 Å². The average Bonchev–Trinajstić information content (AvgIpc) is 3.75. The minimum atomic E-state index is -3.93. The van der Waals surface area contributed by atoms with Gasteiger partial charge in [-0.25, -0.2) is 0 Å². The van der Waals surface area contributed by atoms with E-state index in [0.29, 0.717) is 65.8 Å². The molecule has 5 nitrogen and oxygen atoms in total. The molecule has 0 saturated heterocycles. The standard InChI is InChI=1S/C34H38O5S/c1-18-10-12-20(13-11-18)40(36,37)39-17-33-29-22-9-5-8-21(22)28-26(29)27-30(33)23-14-15-24-25(23)31(27)32(28,34(24,33)35)16-38-19-6-3-2-4-7-19/h2-4,6-7,10-13,21-31,35H,5,8-9,14-17H2,1H3/t21-,22+,23-,24-,25+,26+,27+,28-,29-,30+,31+,32-,33+,34-/m0/s1. The largest absolute Gasteiger partial charge is 0.493 e. The van der Waals surface area contributed by atoms with Crippen molar-refractivity contribution in [1.82, 2.24) is 0 Å². The molecule has 9 aliphatic rings. The second-order valence-corrected chi connectivity index (χ2v) is 16.5. The summed E-state index contributed by atoms with van der Waals surface area (Å²) in [4.78, 5) is 0.223. The molecule has 0 aromatic heterocycles. The third-order valence-electron chi connectivity index (χ3n) is 14.6. The maximum Gasteiger partial charge on any atom is 0.296 e. The lowest BCUT2D eigenvalue weighted by molar-refractivity contribution is -0.279. The van der Waals surface area contributed by atoms with E-state index in [1.807, 2.05) is 49.4 Å². The molecule has 0 amide bonds. The number of aliphatic hydroxyl groups is 1. The van der Waals surface area contributed by atoms with Crippen molar-refractivity contribution in [3.63, 3.8) is 0 Å². The molecule has 40 heavy (non-hydrogen) atoms. The van der Waals surface area contributed by atoms with Crippen LogP contribution in [-0.4, -0.2) is 32.3 Å². The van der Waals surface area contributed by atoms with Crippen LogP contribution in [0.1, 0.15) is 37.7 Å². The van der Waals surface area contributed by atoms with Crippen LogP contribution in [0.4, 0.5) is 0 Å². The van der Waals surface area contributed by atoms with E-state index < -0.39 is 21.1 Å². The summed E-state index contributed by atoms with van der Waals surface area (Å²) in [5.41, 5.74) is -0.684. The van der Waals surface area contributed by atoms with E-state index in [-0.39, 0.29) is 22.8 Å². The molecule has 0 heterocycles. The van der Waals surface area contributed by atoms with Crippen LogP contribution in [0.3, 0.4) is 0 Å². The minimum absolute atomic E-state index is 0.136. The number of hydrogen-bond acceptors (Lipinski definition) is 5. The summed E-state index contributed by atoms with van der Waals surface area (Å²) in [6.45, 7) is 2.66. The lowest BCUT2D eigenvalue weighted by Crippen LogP contribution is -2.73. The predicted molar refractivity (Wildman–Crippen MR) is 148 cm³/mol. The Kier molecular flexibility index (Phi) is 4.24. The fraction of sp³-hybridized carbons (Fsp3) is 0.647. The topological polar surface area (TPSA) is 72.8 Å². The van der Waals surface area contributed by atoms with Gasteiger partial charge in [-0.15, -0.1) is 0 Å². The second-order valence-electron chi connectivity index (χ2n) is 14.9. The Balaban J connectivity index is 1.14. The van der Waals surface area contributed by atoms with Crippen molar-refractivity contribution in [1.29, 1.82) is 0 Å². The Bertz CT molecular complexity index is 1520. The van der Waals surface area contributed by atoms with Gasteiger partial charge in [0.05, 0.1) is 23.7 Å². The molecule has 9 fully saturated rings. The van der Waals surface area contributed by atoms with E-state index in [2.05, 4.69) is 0 Å². The zero-order valence-corrected chi connectivity index (χ0v) is 23.8. The van der Waals surface area contributed by atoms with Gasteiger partial charge >= 0.3 is 0 Å². The molecule has 9 bridgehead atoms. The van der Waals surface area contributed by atoms with Crippen LogP contribution in [0.2, 0.25) is 0 Å². The number of para-hydroxylation sites is 1. The maximum atomic E-state index is 13.7. The zero-order valence-electron chi connectivity index (χ0n) is 23.0. The molecule has 0 radical (unpaired) electrons. The van der Waals surface area contributed by atoms with Crippen molar-refractivity contribution < 1.29 is 22.4 Å². The van der Waals surface area contributed by atoms with E-state index in [1.165, 1.54) is 25.7 Å². The summed E-state index contributed by atoms with van der Waals surface area (Å²) in [6, 6.07) is 17.1. The van der Waals surface area contributed by atoms with Crippen LogP contribution >= 0.6 is 0 Å². The van der Waals surface area contributed by atoms with Crippen molar-refractivity contribution in [2.45, 2.75) is 49.5 Å². The van der Waals surface area contributed by atoms with Crippen molar-refractivity contribution >= 4 is 10.1 Å². The summed E-state index contributed by atoms with van der Waals surface area (Å²) in [5, 5.41) is 13.7. The Morgan fingerprint density at radius 1 is 0.775 bits per heavy atom. The maximum absolute atomic E-state index is 13.7. The van der Waals surface area contributed by atoms with Crippen LogP contribution in [-0.2, 0) is 14.3 Å². The first kappa shape index (κ1) is 23.6. The second kappa shape index (κ2) is 7.18. The third kappa shape index (κ3) is 2.20. The number of aryl methyl sites for hydroxylation is 1. The number of benzene rings is 2. The predicted octanol–water partition coefficient (Wildman–Crippen LogP) is 5.32. The summed E-state index contributed by atoms with van der Waals surface area (Å²) in [5.74, 6) is 6.55. The highest BCUT2D eigenvalue weighted by atomic mass is 32.2. The highest BCUT2D eigenvalue weighted by molar-refractivity contribution is 7.86. The van der Waals surface area contributed by atoms with Gasteiger partial charge in [-0.1, -0.05) is 42.3 Å². The molecule has 9 aliphatic carbocycles. The first-order valence-electron chi connectivity index (χ1n) is 15.7. The van der Waals surface area contributed by atoms with Gasteiger partial charge in [0.25, 0.3) is 10.1 Å². The first-order chi connectivity index (χ1) is 19.4. The average molecular weight is 559 g/mol. The Labute approximate surface area is 236 Å². The van der Waals surface area contributed by atoms with Gasteiger partial charge < -0.3 is 9.84 Å². The van der Waals surface area contributed by atoms with Gasteiger partial charge in [-0.3, -0.25) is 4.18 Å². The number of ether oxygens (including phenoxy) is 1. The smallest absolute Gasteiger partial charge is 0.296 e. The van der Waals surface area contributed by atoms with E-state index in [4.69, 9.17) is 8.92 Å². The fourth-order valence-corrected chi connectivity index (χ4v) is 15.6. The normalized spacial score (nSPS) is 52.8. The van der Waals surface area contributed by atoms with Gasteiger partial charge in [0, 0.05) is 10.8 Å². The molecule has 0 spiro atoms. The summed E-state index contributed by atoms with van der Waals surface area (Å²) in [6.07, 6.45) is 6.01. The van der Waals surface area contributed by atoms with Crippen molar-refractivity contribution in [3.05, 3.63) is 60.2 Å². The van der Waals surface area contributed by atoms with Crippen LogP contribution in [0.25, 0.3) is 0 Å². The van der Waals surface area contributed by atoms with Gasteiger partial charge in [-0.05, 0) is 122 Å². The van der Waals surface area contributed by atoms with Crippen LogP contribution in [0.5, 0.6) is 5.75 Å². The quantitative estimate of drug-likeness (QED) is 0.466. The molecule has 1 N–H and O–H groups in total. The highest BCUT2D eigenvalue weighted by Gasteiger charge is 3.00. The van der Waals surface area contributed by atoms with Gasteiger partial charge in [0.15, 0.2) is 0 Å². The molecule has 0 aliphatic heterocycles. The Hall–Kier alpha value is -1.89. The minimum Gasteiger partial charge on any atom is -0.493 e. The van der Waals surface area contributed by atoms with Crippen molar-refractivity contribution in [3.8, 4) is 5.75 Å². The molecule has 210 valence electrons. The van der Waals surface area contributed by atoms with Crippen molar-refractivity contribution in [2.75, 3.05) is 13.2 Å². The third-order valence-corrected chi connectivity index (χ3v) is 15.9. The number of rotatable bonds is 7. The molecule has 9 saturated carbocycles. The Morgan fingerprint density at radius 3 is 2.15 bits per heavy atom. The molecular weight excluding hydrogens is 520 g/mol. The van der Waals surface area contributed by atoms with Gasteiger partial charge in [-0.2, -0.15) is 8.42 Å². The van der Waals surface area contributed by atoms with Crippen LogP contribution in [0, 0.1) is 82.9 Å². The van der Waals surface area contributed by atoms with E-state index in [0.717, 1.165) is 17.7 Å². The summed E-state index contributed by atoms with van der Waals surface area (Å²) < 4.78 is 40.2. The lowest BCUT2D eigenvalue weighted by atomic mass is 9.43. The molecular formula is C34H38O5S. The molecule has 6 heteroatoms. The van der Waals surface area contributed by atoms with Gasteiger partial charge in [0.1, 0.15) is 5.75 Å². The fourth-order valence-electron chi connectivity index (χ4n) is 14.6. The highest BCUT2D eigenvalue weighted by Crippen LogP contribution is 2.98. The van der Waals surface area contributed by atoms with Crippen LogP contribution < -0.4 is 4.74 Å². The van der Waals surface area contributed by atoms with E-state index >= 15 is 0 Å². The lowest BCUT2D eigenvalue weighted by Gasteiger charge is -2.64. The zero-order chi connectivity index (χ0) is 26.8. The van der Waals surface area contributed by atoms with E-state index in [1.54, 1.807) is 12.1 Å². The summed E-state index contributed by atoms with van der Waals surface area (Å²) in [7, 11) is -3.93. The SMILES string of the molecule is Cc1ccc(S(=O)(=O)OC[C@]23[C@@H]4[C@H]5CC[C@H]6[C@@H]5[C@@H]5[C@@H]4[C@H]4[C@@H]2[C@@H]2CCC[C@@H]2[C@@H]4[C@]5(COc2ccccc2)[C@@]63O)cc1. The number of hydrogen-bond donors (Lipinski definition) is 1. The molecule has 2 aromatic rings. The molecule has 0 unspecified atom stereocenters. The first-order valence-corrected chi connectivity index (χ1v) is 17.1. The summed E-state index contributed by atoms with van der Waals surface area (Å²) >= 11 is 0. The monoisotopic (exact) mass is 558 g/mol. The number of fused-ring (bicyclic) bond motifs is 1. The van der Waals surface area contributed by atoms with Gasteiger partial charge in [0.2, 0.25) is 0 Å². The molecule has 14 atom stereocenters. The van der Waals surface area contributed by atoms with Crippen LogP contribution in [0.15, 0.2) is 59.5 Å².